The zero-order valence-electron chi connectivity index (χ0n) is 6.78. The molecule has 72 valence electrons. The van der Waals surface area contributed by atoms with Gasteiger partial charge in [-0.1, -0.05) is 56.1 Å². The van der Waals surface area contributed by atoms with Crippen molar-refractivity contribution in [3.63, 3.8) is 0 Å². The first-order valence-corrected chi connectivity index (χ1v) is 5.67. The summed E-state index contributed by atoms with van der Waals surface area (Å²) in [4.78, 5) is 0.665. The number of hydrogen-bond donors (Lipinski definition) is 1. The number of rotatable bonds is 0. The van der Waals surface area contributed by atoms with Crippen LogP contribution in [0.2, 0.25) is 0 Å². The Morgan fingerprint density at radius 3 is 2.15 bits per heavy atom. The van der Waals surface area contributed by atoms with Gasteiger partial charge in [0.25, 0.3) is 0 Å². The second kappa shape index (κ2) is 4.43. The van der Waals surface area contributed by atoms with Gasteiger partial charge in [-0.3, -0.25) is 0 Å². The fourth-order valence-electron chi connectivity index (χ4n) is 1.59. The molecule has 3 atom stereocenters. The standard InChI is InChI=1S/C9H9Br2N.BrH/c10-7-5-3-1-2-4-6(5)9(12)8(7)11;/h1-4,7-9H,12H2;1H. The second-order valence-electron chi connectivity index (χ2n) is 3.00. The van der Waals surface area contributed by atoms with E-state index in [9.17, 15) is 0 Å². The van der Waals surface area contributed by atoms with Crippen LogP contribution < -0.4 is 5.73 Å². The molecule has 0 saturated heterocycles. The molecule has 0 fully saturated rings. The van der Waals surface area contributed by atoms with E-state index in [0.29, 0.717) is 9.65 Å². The van der Waals surface area contributed by atoms with Crippen molar-refractivity contribution >= 4 is 48.8 Å². The first-order chi connectivity index (χ1) is 5.72. The molecular weight excluding hydrogens is 362 g/mol. The third-order valence-corrected chi connectivity index (χ3v) is 5.15. The van der Waals surface area contributed by atoms with Gasteiger partial charge in [0.05, 0.1) is 9.65 Å². The van der Waals surface area contributed by atoms with Gasteiger partial charge in [-0.05, 0) is 11.1 Å². The van der Waals surface area contributed by atoms with Crippen molar-refractivity contribution < 1.29 is 0 Å². The van der Waals surface area contributed by atoms with E-state index < -0.39 is 0 Å². The molecule has 0 bridgehead atoms. The van der Waals surface area contributed by atoms with E-state index in [-0.39, 0.29) is 23.0 Å². The van der Waals surface area contributed by atoms with Gasteiger partial charge < -0.3 is 5.73 Å². The van der Waals surface area contributed by atoms with Crippen molar-refractivity contribution in [2.45, 2.75) is 15.7 Å². The fourth-order valence-corrected chi connectivity index (χ4v) is 2.91. The van der Waals surface area contributed by atoms with Crippen LogP contribution in [0, 0.1) is 0 Å². The number of fused-ring (bicyclic) bond motifs is 1. The molecule has 0 heterocycles. The lowest BCUT2D eigenvalue weighted by Gasteiger charge is -2.09. The lowest BCUT2D eigenvalue weighted by Crippen LogP contribution is -2.16. The summed E-state index contributed by atoms with van der Waals surface area (Å²) in [6.45, 7) is 0. The van der Waals surface area contributed by atoms with E-state index in [0.717, 1.165) is 0 Å². The van der Waals surface area contributed by atoms with Crippen LogP contribution in [0.4, 0.5) is 0 Å². The number of nitrogens with two attached hydrogens (primary N) is 1. The monoisotopic (exact) mass is 369 g/mol. The molecule has 1 nitrogen and oxygen atoms in total. The maximum absolute atomic E-state index is 6.00. The highest BCUT2D eigenvalue weighted by Gasteiger charge is 2.34. The zero-order valence-corrected chi connectivity index (χ0v) is 11.7. The molecule has 1 aromatic carbocycles. The van der Waals surface area contributed by atoms with Crippen LogP contribution in [0.25, 0.3) is 0 Å². The molecular formula is C9H10Br3N. The van der Waals surface area contributed by atoms with Gasteiger partial charge in [0.1, 0.15) is 0 Å². The Bertz CT molecular complexity index is 274. The predicted molar refractivity (Wildman–Crippen MR) is 68.1 cm³/mol. The van der Waals surface area contributed by atoms with Crippen LogP contribution in [0.5, 0.6) is 0 Å². The minimum Gasteiger partial charge on any atom is -0.323 e. The van der Waals surface area contributed by atoms with Crippen LogP contribution in [0.3, 0.4) is 0 Å². The van der Waals surface area contributed by atoms with Gasteiger partial charge in [0.2, 0.25) is 0 Å². The van der Waals surface area contributed by atoms with Crippen molar-refractivity contribution in [2.75, 3.05) is 0 Å². The third-order valence-electron chi connectivity index (χ3n) is 2.27. The minimum absolute atomic E-state index is 0. The topological polar surface area (TPSA) is 26.0 Å². The van der Waals surface area contributed by atoms with Crippen molar-refractivity contribution in [2.24, 2.45) is 5.73 Å². The molecule has 1 aliphatic rings. The molecule has 2 N–H and O–H groups in total. The van der Waals surface area contributed by atoms with E-state index in [4.69, 9.17) is 5.73 Å². The summed E-state index contributed by atoms with van der Waals surface area (Å²) >= 11 is 7.19. The Balaban J connectivity index is 0.000000845. The van der Waals surface area contributed by atoms with Gasteiger partial charge in [-0.15, -0.1) is 17.0 Å². The fraction of sp³-hybridized carbons (Fsp3) is 0.333. The Hall–Kier alpha value is 0.620. The molecule has 0 aliphatic heterocycles. The van der Waals surface area contributed by atoms with Gasteiger partial charge >= 0.3 is 0 Å². The Labute approximate surface area is 105 Å². The average Bonchev–Trinajstić information content (AvgIpc) is 2.33. The molecule has 1 aliphatic carbocycles. The Morgan fingerprint density at radius 1 is 1.08 bits per heavy atom. The Morgan fingerprint density at radius 2 is 1.62 bits per heavy atom. The molecule has 0 aromatic heterocycles. The van der Waals surface area contributed by atoms with Crippen molar-refractivity contribution in [1.82, 2.24) is 0 Å². The SMILES string of the molecule is Br.NC1c2ccccc2C(Br)C1Br. The summed E-state index contributed by atoms with van der Waals surface area (Å²) in [6.07, 6.45) is 0. The summed E-state index contributed by atoms with van der Waals surface area (Å²) in [5, 5.41) is 0. The van der Waals surface area contributed by atoms with Gasteiger partial charge in [0.15, 0.2) is 0 Å². The van der Waals surface area contributed by atoms with E-state index in [1.807, 2.05) is 12.1 Å². The zero-order chi connectivity index (χ0) is 8.72. The highest BCUT2D eigenvalue weighted by Crippen LogP contribution is 2.46. The molecule has 3 unspecified atom stereocenters. The maximum atomic E-state index is 6.00. The molecule has 0 radical (unpaired) electrons. The number of benzene rings is 1. The lowest BCUT2D eigenvalue weighted by molar-refractivity contribution is 0.739. The first-order valence-electron chi connectivity index (χ1n) is 3.84. The lowest BCUT2D eigenvalue weighted by atomic mass is 10.1. The summed E-state index contributed by atoms with van der Waals surface area (Å²) in [6, 6.07) is 8.41. The molecule has 4 heteroatoms. The normalized spacial score (nSPS) is 30.8. The number of halogens is 3. The van der Waals surface area contributed by atoms with Gasteiger partial charge in [-0.25, -0.2) is 0 Å². The number of alkyl halides is 2. The summed E-state index contributed by atoms with van der Waals surface area (Å²) in [5.74, 6) is 0. The van der Waals surface area contributed by atoms with Crippen LogP contribution in [-0.2, 0) is 0 Å². The summed E-state index contributed by atoms with van der Waals surface area (Å²) in [7, 11) is 0. The van der Waals surface area contributed by atoms with E-state index >= 15 is 0 Å². The van der Waals surface area contributed by atoms with Gasteiger partial charge in [0, 0.05) is 6.04 Å². The second-order valence-corrected chi connectivity index (χ2v) is 5.04. The van der Waals surface area contributed by atoms with Crippen molar-refractivity contribution in [3.05, 3.63) is 35.4 Å². The highest BCUT2D eigenvalue weighted by atomic mass is 79.9. The minimum atomic E-state index is 0. The quantitative estimate of drug-likeness (QED) is 0.694. The maximum Gasteiger partial charge on any atom is 0.0542 e. The van der Waals surface area contributed by atoms with Crippen LogP contribution in [0.1, 0.15) is 22.0 Å². The van der Waals surface area contributed by atoms with Crippen LogP contribution >= 0.6 is 48.8 Å². The van der Waals surface area contributed by atoms with Gasteiger partial charge in [-0.2, -0.15) is 0 Å². The first kappa shape index (κ1) is 11.7. The Kier molecular flexibility index (Phi) is 3.98. The molecule has 0 amide bonds. The van der Waals surface area contributed by atoms with E-state index in [2.05, 4.69) is 44.0 Å². The molecule has 13 heavy (non-hydrogen) atoms. The highest BCUT2D eigenvalue weighted by molar-refractivity contribution is 9.12. The smallest absolute Gasteiger partial charge is 0.0542 e. The van der Waals surface area contributed by atoms with Crippen LogP contribution in [-0.4, -0.2) is 4.83 Å². The molecule has 2 rings (SSSR count). The molecule has 1 aromatic rings. The van der Waals surface area contributed by atoms with Crippen LogP contribution in [0.15, 0.2) is 24.3 Å². The summed E-state index contributed by atoms with van der Waals surface area (Å²) in [5.41, 5.74) is 8.57. The van der Waals surface area contributed by atoms with E-state index in [1.54, 1.807) is 0 Å². The number of hydrogen-bond acceptors (Lipinski definition) is 1. The molecule has 0 saturated carbocycles. The third kappa shape index (κ3) is 1.87. The van der Waals surface area contributed by atoms with Crippen molar-refractivity contribution in [3.8, 4) is 0 Å². The molecule has 0 spiro atoms. The summed E-state index contributed by atoms with van der Waals surface area (Å²) < 4.78 is 0. The average molecular weight is 372 g/mol. The van der Waals surface area contributed by atoms with Crippen molar-refractivity contribution in [1.29, 1.82) is 0 Å². The van der Waals surface area contributed by atoms with E-state index in [1.165, 1.54) is 11.1 Å². The largest absolute Gasteiger partial charge is 0.323 e. The predicted octanol–water partition coefficient (Wildman–Crippen LogP) is 3.48.